The fourth-order valence-corrected chi connectivity index (χ4v) is 3.44. The molecule has 19 heavy (non-hydrogen) atoms. The topological polar surface area (TPSA) is 15.3 Å². The minimum atomic E-state index is -0.766. The number of piperidine rings is 1. The zero-order valence-corrected chi connectivity index (χ0v) is 11.1. The van der Waals surface area contributed by atoms with Gasteiger partial charge in [0, 0.05) is 19.6 Å². The zero-order valence-electron chi connectivity index (χ0n) is 11.1. The van der Waals surface area contributed by atoms with Gasteiger partial charge < -0.3 is 5.32 Å². The number of hydrogen-bond donors (Lipinski definition) is 1. The smallest absolute Gasteiger partial charge is 0.159 e. The summed E-state index contributed by atoms with van der Waals surface area (Å²) in [5, 5.41) is 3.48. The molecule has 104 valence electrons. The van der Waals surface area contributed by atoms with Crippen molar-refractivity contribution in [3.63, 3.8) is 0 Å². The van der Waals surface area contributed by atoms with Crippen LogP contribution in [0.15, 0.2) is 18.2 Å². The van der Waals surface area contributed by atoms with Gasteiger partial charge in [-0.25, -0.2) is 8.78 Å². The normalized spacial score (nSPS) is 28.1. The Kier molecular flexibility index (Phi) is 3.54. The lowest BCUT2D eigenvalue weighted by Gasteiger charge is -2.34. The molecule has 1 atom stereocenters. The first kappa shape index (κ1) is 13.0. The molecule has 2 saturated heterocycles. The van der Waals surface area contributed by atoms with Gasteiger partial charge in [0.25, 0.3) is 0 Å². The van der Waals surface area contributed by atoms with E-state index in [1.54, 1.807) is 6.07 Å². The molecule has 0 saturated carbocycles. The van der Waals surface area contributed by atoms with Crippen LogP contribution in [0.4, 0.5) is 8.78 Å². The van der Waals surface area contributed by atoms with E-state index in [0.29, 0.717) is 5.41 Å². The first-order valence-corrected chi connectivity index (χ1v) is 7.04. The van der Waals surface area contributed by atoms with E-state index in [0.717, 1.165) is 38.3 Å². The number of likely N-dealkylation sites (tertiary alicyclic amines) is 1. The maximum absolute atomic E-state index is 13.2. The molecule has 2 nitrogen and oxygen atoms in total. The van der Waals surface area contributed by atoms with Crippen LogP contribution in [0.25, 0.3) is 0 Å². The molecule has 1 N–H and O–H groups in total. The second-order valence-corrected chi connectivity index (χ2v) is 5.99. The Balaban J connectivity index is 1.63. The van der Waals surface area contributed by atoms with Crippen LogP contribution in [-0.2, 0) is 6.54 Å². The standard InChI is InChI=1S/C15H20F2N2/c16-13-3-2-12(8-14(13)17)9-19-7-5-15(11-19)4-1-6-18-10-15/h2-3,8,18H,1,4-7,9-11H2. The summed E-state index contributed by atoms with van der Waals surface area (Å²) in [6.07, 6.45) is 3.75. The predicted molar refractivity (Wildman–Crippen MR) is 70.8 cm³/mol. The second-order valence-electron chi connectivity index (χ2n) is 5.99. The molecular weight excluding hydrogens is 246 g/mol. The lowest BCUT2D eigenvalue weighted by atomic mass is 9.80. The largest absolute Gasteiger partial charge is 0.316 e. The minimum absolute atomic E-state index is 0.414. The quantitative estimate of drug-likeness (QED) is 0.885. The molecule has 0 amide bonds. The molecule has 0 aromatic heterocycles. The molecule has 0 aliphatic carbocycles. The van der Waals surface area contributed by atoms with E-state index in [2.05, 4.69) is 10.2 Å². The lowest BCUT2D eigenvalue weighted by molar-refractivity contribution is 0.199. The van der Waals surface area contributed by atoms with Crippen LogP contribution in [0.3, 0.4) is 0 Å². The van der Waals surface area contributed by atoms with E-state index in [1.165, 1.54) is 31.4 Å². The Labute approximate surface area is 112 Å². The monoisotopic (exact) mass is 266 g/mol. The summed E-state index contributed by atoms with van der Waals surface area (Å²) in [5.41, 5.74) is 1.27. The van der Waals surface area contributed by atoms with Crippen molar-refractivity contribution in [2.75, 3.05) is 26.2 Å². The molecule has 0 radical (unpaired) electrons. The number of nitrogens with zero attached hydrogens (tertiary/aromatic N) is 1. The van der Waals surface area contributed by atoms with Gasteiger partial charge in [0.15, 0.2) is 11.6 Å². The van der Waals surface area contributed by atoms with Crippen LogP contribution >= 0.6 is 0 Å². The van der Waals surface area contributed by atoms with Gasteiger partial charge in [0.05, 0.1) is 0 Å². The Morgan fingerprint density at radius 2 is 2.11 bits per heavy atom. The van der Waals surface area contributed by atoms with E-state index < -0.39 is 11.6 Å². The van der Waals surface area contributed by atoms with Gasteiger partial charge >= 0.3 is 0 Å². The minimum Gasteiger partial charge on any atom is -0.316 e. The van der Waals surface area contributed by atoms with E-state index in [-0.39, 0.29) is 0 Å². The molecular formula is C15H20F2N2. The van der Waals surface area contributed by atoms with Crippen LogP contribution in [-0.4, -0.2) is 31.1 Å². The summed E-state index contributed by atoms with van der Waals surface area (Å²) < 4.78 is 26.1. The molecule has 1 unspecified atom stereocenters. The first-order chi connectivity index (χ1) is 9.17. The molecule has 1 spiro atoms. The van der Waals surface area contributed by atoms with E-state index in [4.69, 9.17) is 0 Å². The van der Waals surface area contributed by atoms with Gasteiger partial charge in [0.1, 0.15) is 0 Å². The predicted octanol–water partition coefficient (Wildman–Crippen LogP) is 2.54. The van der Waals surface area contributed by atoms with Crippen molar-refractivity contribution in [2.24, 2.45) is 5.41 Å². The average Bonchev–Trinajstić information content (AvgIpc) is 2.78. The Morgan fingerprint density at radius 3 is 2.84 bits per heavy atom. The van der Waals surface area contributed by atoms with Crippen molar-refractivity contribution < 1.29 is 8.78 Å². The van der Waals surface area contributed by atoms with Gasteiger partial charge in [-0.2, -0.15) is 0 Å². The fraction of sp³-hybridized carbons (Fsp3) is 0.600. The summed E-state index contributed by atoms with van der Waals surface area (Å²) in [6.45, 7) is 5.07. The molecule has 2 heterocycles. The fourth-order valence-electron chi connectivity index (χ4n) is 3.44. The SMILES string of the molecule is Fc1ccc(CN2CCC3(CCCNC3)C2)cc1F. The van der Waals surface area contributed by atoms with E-state index >= 15 is 0 Å². The van der Waals surface area contributed by atoms with Crippen molar-refractivity contribution in [3.05, 3.63) is 35.4 Å². The summed E-state index contributed by atoms with van der Waals surface area (Å²) in [6, 6.07) is 4.22. The molecule has 2 fully saturated rings. The van der Waals surface area contributed by atoms with Crippen LogP contribution in [0.2, 0.25) is 0 Å². The molecule has 0 bridgehead atoms. The summed E-state index contributed by atoms with van der Waals surface area (Å²) in [7, 11) is 0. The van der Waals surface area contributed by atoms with Gasteiger partial charge in [-0.3, -0.25) is 4.90 Å². The zero-order chi connectivity index (χ0) is 13.3. The van der Waals surface area contributed by atoms with Crippen LogP contribution in [0.5, 0.6) is 0 Å². The first-order valence-electron chi connectivity index (χ1n) is 7.04. The van der Waals surface area contributed by atoms with E-state index in [9.17, 15) is 8.78 Å². The highest BCUT2D eigenvalue weighted by Crippen LogP contribution is 2.36. The van der Waals surface area contributed by atoms with Gasteiger partial charge in [-0.05, 0) is 55.5 Å². The Morgan fingerprint density at radius 1 is 1.21 bits per heavy atom. The van der Waals surface area contributed by atoms with Gasteiger partial charge in [0.2, 0.25) is 0 Å². The number of benzene rings is 1. The number of halogens is 2. The van der Waals surface area contributed by atoms with E-state index in [1.807, 2.05) is 0 Å². The highest BCUT2D eigenvalue weighted by molar-refractivity contribution is 5.18. The van der Waals surface area contributed by atoms with Crippen molar-refractivity contribution in [3.8, 4) is 0 Å². The van der Waals surface area contributed by atoms with Crippen molar-refractivity contribution in [2.45, 2.75) is 25.8 Å². The highest BCUT2D eigenvalue weighted by Gasteiger charge is 2.38. The Hall–Kier alpha value is -1.00. The maximum Gasteiger partial charge on any atom is 0.159 e. The second kappa shape index (κ2) is 5.17. The van der Waals surface area contributed by atoms with Crippen molar-refractivity contribution >= 4 is 0 Å². The maximum atomic E-state index is 13.2. The third-order valence-electron chi connectivity index (χ3n) is 4.47. The molecule has 4 heteroatoms. The third-order valence-corrected chi connectivity index (χ3v) is 4.47. The van der Waals surface area contributed by atoms with Crippen molar-refractivity contribution in [1.82, 2.24) is 10.2 Å². The number of hydrogen-bond acceptors (Lipinski definition) is 2. The number of rotatable bonds is 2. The third kappa shape index (κ3) is 2.79. The van der Waals surface area contributed by atoms with Crippen LogP contribution in [0.1, 0.15) is 24.8 Å². The highest BCUT2D eigenvalue weighted by atomic mass is 19.2. The van der Waals surface area contributed by atoms with Crippen LogP contribution in [0, 0.1) is 17.0 Å². The summed E-state index contributed by atoms with van der Waals surface area (Å²) in [4.78, 5) is 2.36. The number of nitrogens with one attached hydrogen (secondary N) is 1. The summed E-state index contributed by atoms with van der Waals surface area (Å²) >= 11 is 0. The van der Waals surface area contributed by atoms with Gasteiger partial charge in [-0.15, -0.1) is 0 Å². The summed E-state index contributed by atoms with van der Waals surface area (Å²) in [5.74, 6) is -1.51. The van der Waals surface area contributed by atoms with Gasteiger partial charge in [-0.1, -0.05) is 6.07 Å². The molecule has 3 rings (SSSR count). The lowest BCUT2D eigenvalue weighted by Crippen LogP contribution is -2.41. The van der Waals surface area contributed by atoms with Crippen LogP contribution < -0.4 is 5.32 Å². The average molecular weight is 266 g/mol. The molecule has 1 aromatic rings. The molecule has 2 aliphatic rings. The Bertz CT molecular complexity index is 455. The molecule has 2 aliphatic heterocycles. The van der Waals surface area contributed by atoms with Crippen molar-refractivity contribution in [1.29, 1.82) is 0 Å². The molecule has 1 aromatic carbocycles.